The van der Waals surface area contributed by atoms with Crippen molar-refractivity contribution in [1.82, 2.24) is 0 Å². The van der Waals surface area contributed by atoms with Gasteiger partial charge >= 0.3 is 5.97 Å². The second-order valence-corrected chi connectivity index (χ2v) is 3.47. The minimum Gasteiger partial charge on any atom is -0.478 e. The first-order valence-electron chi connectivity index (χ1n) is 5.03. The number of aliphatic carboxylic acids is 1. The summed E-state index contributed by atoms with van der Waals surface area (Å²) >= 11 is 0. The lowest BCUT2D eigenvalue weighted by molar-refractivity contribution is -0.131. The van der Waals surface area contributed by atoms with Gasteiger partial charge in [0, 0.05) is 6.08 Å². The molecule has 0 saturated carbocycles. The predicted molar refractivity (Wildman–Crippen MR) is 60.7 cm³/mol. The Labute approximate surface area is 101 Å². The van der Waals surface area contributed by atoms with Crippen LogP contribution in [0.2, 0.25) is 0 Å². The minimum atomic E-state index is -1.13. The summed E-state index contributed by atoms with van der Waals surface area (Å²) in [6, 6.07) is 6.30. The van der Waals surface area contributed by atoms with E-state index < -0.39 is 17.6 Å². The largest absolute Gasteiger partial charge is 0.478 e. The Hall–Kier alpha value is -2.43. The summed E-state index contributed by atoms with van der Waals surface area (Å²) in [6.45, 7) is 0. The van der Waals surface area contributed by atoms with Gasteiger partial charge in [0.1, 0.15) is 23.2 Å². The molecule has 1 heterocycles. The van der Waals surface area contributed by atoms with Crippen LogP contribution in [-0.4, -0.2) is 11.1 Å². The van der Waals surface area contributed by atoms with Gasteiger partial charge in [-0.2, -0.15) is 0 Å². The van der Waals surface area contributed by atoms with Crippen LogP contribution in [0.4, 0.5) is 8.78 Å². The van der Waals surface area contributed by atoms with Crippen molar-refractivity contribution in [1.29, 1.82) is 0 Å². The Morgan fingerprint density at radius 3 is 2.44 bits per heavy atom. The fourth-order valence-electron chi connectivity index (χ4n) is 1.46. The van der Waals surface area contributed by atoms with E-state index in [4.69, 9.17) is 9.52 Å². The summed E-state index contributed by atoms with van der Waals surface area (Å²) in [6.07, 6.45) is 2.07. The van der Waals surface area contributed by atoms with E-state index in [1.165, 1.54) is 24.3 Å². The van der Waals surface area contributed by atoms with Crippen molar-refractivity contribution < 1.29 is 23.1 Å². The minimum absolute atomic E-state index is 0.00985. The van der Waals surface area contributed by atoms with Crippen molar-refractivity contribution in [2.75, 3.05) is 0 Å². The third-order valence-electron chi connectivity index (χ3n) is 2.23. The molecule has 5 heteroatoms. The zero-order valence-electron chi connectivity index (χ0n) is 9.06. The molecule has 1 aromatic carbocycles. The van der Waals surface area contributed by atoms with Crippen LogP contribution in [0.25, 0.3) is 17.4 Å². The topological polar surface area (TPSA) is 50.4 Å². The van der Waals surface area contributed by atoms with Gasteiger partial charge in [0.2, 0.25) is 0 Å². The second kappa shape index (κ2) is 4.83. The maximum atomic E-state index is 13.4. The lowest BCUT2D eigenvalue weighted by Gasteiger charge is -2.00. The molecule has 0 amide bonds. The summed E-state index contributed by atoms with van der Waals surface area (Å²) in [5.74, 6) is -2.40. The lowest BCUT2D eigenvalue weighted by Crippen LogP contribution is -1.87. The first-order chi connectivity index (χ1) is 8.58. The van der Waals surface area contributed by atoms with Crippen molar-refractivity contribution >= 4 is 12.0 Å². The normalized spacial score (nSPS) is 11.0. The summed E-state index contributed by atoms with van der Waals surface area (Å²) in [7, 11) is 0. The maximum Gasteiger partial charge on any atom is 0.328 e. The van der Waals surface area contributed by atoms with Crippen molar-refractivity contribution in [2.45, 2.75) is 0 Å². The summed E-state index contributed by atoms with van der Waals surface area (Å²) in [5.41, 5.74) is -0.271. The van der Waals surface area contributed by atoms with E-state index in [1.54, 1.807) is 0 Å². The second-order valence-electron chi connectivity index (χ2n) is 3.47. The summed E-state index contributed by atoms with van der Waals surface area (Å²) in [4.78, 5) is 10.3. The number of carboxylic acids is 1. The summed E-state index contributed by atoms with van der Waals surface area (Å²) < 4.78 is 32.0. The molecule has 92 valence electrons. The molecule has 2 rings (SSSR count). The molecule has 0 atom stereocenters. The van der Waals surface area contributed by atoms with Crippen molar-refractivity contribution in [2.24, 2.45) is 0 Å². The number of carboxylic acid groups (broad SMARTS) is 1. The van der Waals surface area contributed by atoms with Crippen LogP contribution in [0.15, 0.2) is 40.8 Å². The Balaban J connectivity index is 2.38. The van der Waals surface area contributed by atoms with Crippen LogP contribution in [-0.2, 0) is 4.79 Å². The molecule has 0 saturated heterocycles. The fourth-order valence-corrected chi connectivity index (χ4v) is 1.46. The first kappa shape index (κ1) is 12.0. The summed E-state index contributed by atoms with van der Waals surface area (Å²) in [5, 5.41) is 8.44. The molecule has 2 aromatic rings. The Kier molecular flexibility index (Phi) is 3.23. The van der Waals surface area contributed by atoms with E-state index in [2.05, 4.69) is 0 Å². The molecule has 1 N–H and O–H groups in total. The van der Waals surface area contributed by atoms with E-state index in [0.717, 1.165) is 18.2 Å². The van der Waals surface area contributed by atoms with Gasteiger partial charge in [0.25, 0.3) is 0 Å². The van der Waals surface area contributed by atoms with Gasteiger partial charge in [-0.1, -0.05) is 6.07 Å². The average Bonchev–Trinajstić information content (AvgIpc) is 2.75. The van der Waals surface area contributed by atoms with Gasteiger partial charge in [0.15, 0.2) is 0 Å². The van der Waals surface area contributed by atoms with Gasteiger partial charge in [-0.3, -0.25) is 0 Å². The van der Waals surface area contributed by atoms with E-state index in [-0.39, 0.29) is 17.1 Å². The third kappa shape index (κ3) is 2.45. The number of rotatable bonds is 3. The van der Waals surface area contributed by atoms with E-state index in [9.17, 15) is 13.6 Å². The van der Waals surface area contributed by atoms with Crippen molar-refractivity contribution in [3.8, 4) is 11.3 Å². The van der Waals surface area contributed by atoms with Gasteiger partial charge in [-0.15, -0.1) is 0 Å². The average molecular weight is 250 g/mol. The van der Waals surface area contributed by atoms with Gasteiger partial charge in [-0.05, 0) is 30.3 Å². The molecule has 3 nitrogen and oxygen atoms in total. The number of furan rings is 1. The van der Waals surface area contributed by atoms with Crippen molar-refractivity contribution in [3.05, 3.63) is 53.8 Å². The lowest BCUT2D eigenvalue weighted by atomic mass is 10.1. The molecule has 18 heavy (non-hydrogen) atoms. The van der Waals surface area contributed by atoms with Gasteiger partial charge in [0.05, 0.1) is 5.56 Å². The molecule has 0 aliphatic rings. The molecule has 0 aliphatic heterocycles. The number of carbonyl (C=O) groups is 1. The first-order valence-corrected chi connectivity index (χ1v) is 5.03. The zero-order chi connectivity index (χ0) is 13.1. The molecular formula is C13H8F2O3. The highest BCUT2D eigenvalue weighted by Gasteiger charge is 2.14. The number of hydrogen-bond acceptors (Lipinski definition) is 2. The molecule has 0 unspecified atom stereocenters. The monoisotopic (exact) mass is 250 g/mol. The smallest absolute Gasteiger partial charge is 0.328 e. The third-order valence-corrected chi connectivity index (χ3v) is 2.23. The molecule has 1 aromatic heterocycles. The van der Waals surface area contributed by atoms with Crippen LogP contribution in [0, 0.1) is 11.6 Å². The van der Waals surface area contributed by atoms with E-state index in [1.807, 2.05) is 0 Å². The molecule has 0 fully saturated rings. The zero-order valence-corrected chi connectivity index (χ0v) is 9.06. The number of hydrogen-bond donors (Lipinski definition) is 1. The highest BCUT2D eigenvalue weighted by atomic mass is 19.1. The van der Waals surface area contributed by atoms with Crippen LogP contribution >= 0.6 is 0 Å². The Morgan fingerprint density at radius 1 is 1.17 bits per heavy atom. The van der Waals surface area contributed by atoms with E-state index in [0.29, 0.717) is 0 Å². The number of benzene rings is 1. The van der Waals surface area contributed by atoms with Crippen LogP contribution in [0.5, 0.6) is 0 Å². The van der Waals surface area contributed by atoms with Gasteiger partial charge in [-0.25, -0.2) is 13.6 Å². The molecular weight excluding hydrogens is 242 g/mol. The van der Waals surface area contributed by atoms with Gasteiger partial charge < -0.3 is 9.52 Å². The van der Waals surface area contributed by atoms with Crippen LogP contribution in [0.1, 0.15) is 5.76 Å². The molecule has 0 radical (unpaired) electrons. The fraction of sp³-hybridized carbons (Fsp3) is 0. The van der Waals surface area contributed by atoms with Crippen LogP contribution < -0.4 is 0 Å². The molecule has 0 spiro atoms. The highest BCUT2D eigenvalue weighted by molar-refractivity contribution is 5.84. The maximum absolute atomic E-state index is 13.4. The Morgan fingerprint density at radius 2 is 1.83 bits per heavy atom. The predicted octanol–water partition coefficient (Wildman–Crippen LogP) is 3.32. The molecule has 0 bridgehead atoms. The number of halogens is 2. The standard InChI is InChI=1S/C13H8F2O3/c14-9-2-1-3-10(15)13(9)11-6-4-8(18-11)5-7-12(16)17/h1-7H,(H,16,17)/b7-5+. The highest BCUT2D eigenvalue weighted by Crippen LogP contribution is 2.27. The SMILES string of the molecule is O=C(O)/C=C/c1ccc(-c2c(F)cccc2F)o1. The van der Waals surface area contributed by atoms with E-state index >= 15 is 0 Å². The molecule has 0 aliphatic carbocycles. The van der Waals surface area contributed by atoms with Crippen LogP contribution in [0.3, 0.4) is 0 Å². The quantitative estimate of drug-likeness (QED) is 0.850. The Bertz CT molecular complexity index is 594. The van der Waals surface area contributed by atoms with Crippen molar-refractivity contribution in [3.63, 3.8) is 0 Å².